The lowest BCUT2D eigenvalue weighted by molar-refractivity contribution is -0.127. The molecule has 1 N–H and O–H groups in total. The molecule has 6 heteroatoms. The zero-order valence-electron chi connectivity index (χ0n) is 14.7. The highest BCUT2D eigenvalue weighted by molar-refractivity contribution is 5.90. The van der Waals surface area contributed by atoms with Crippen LogP contribution in [-0.2, 0) is 16.0 Å². The van der Waals surface area contributed by atoms with Gasteiger partial charge in [-0.1, -0.05) is 6.07 Å². The molecule has 3 rings (SSSR count). The number of amides is 1. The first kappa shape index (κ1) is 18.2. The molecule has 26 heavy (non-hydrogen) atoms. The number of hydrogen-bond acceptors (Lipinski definition) is 3. The summed E-state index contributed by atoms with van der Waals surface area (Å²) in [6.07, 6.45) is 1.71. The molecule has 1 aliphatic rings. The molecular weight excluding hydrogens is 338 g/mol. The van der Waals surface area contributed by atoms with Gasteiger partial charge in [0.25, 0.3) is 0 Å². The summed E-state index contributed by atoms with van der Waals surface area (Å²) in [5, 5.41) is 2.63. The average molecular weight is 358 g/mol. The van der Waals surface area contributed by atoms with Crippen LogP contribution in [0.25, 0.3) is 0 Å². The molecule has 1 amide bonds. The molecule has 2 aromatic rings. The van der Waals surface area contributed by atoms with Crippen molar-refractivity contribution in [3.63, 3.8) is 0 Å². The first-order valence-electron chi connectivity index (χ1n) is 8.51. The SMILES string of the molecule is Cc1cc(F)c([C@@H]2CNC(=O)[C@H]2CC(=O)Cc2ccc(C)nc2)c(F)c1. The molecule has 0 unspecified atom stereocenters. The molecule has 1 aromatic carbocycles. The number of halogens is 2. The van der Waals surface area contributed by atoms with Crippen molar-refractivity contribution in [1.29, 1.82) is 0 Å². The minimum absolute atomic E-state index is 0.0584. The molecule has 0 saturated carbocycles. The topological polar surface area (TPSA) is 59.1 Å². The molecule has 136 valence electrons. The van der Waals surface area contributed by atoms with Gasteiger partial charge in [-0.05, 0) is 43.2 Å². The average Bonchev–Trinajstić information content (AvgIpc) is 2.90. The Bertz CT molecular complexity index is 826. The van der Waals surface area contributed by atoms with E-state index in [2.05, 4.69) is 10.3 Å². The van der Waals surface area contributed by atoms with Gasteiger partial charge in [-0.15, -0.1) is 0 Å². The van der Waals surface area contributed by atoms with Crippen LogP contribution in [-0.4, -0.2) is 23.2 Å². The van der Waals surface area contributed by atoms with Crippen LogP contribution in [0, 0.1) is 31.4 Å². The van der Waals surface area contributed by atoms with Crippen molar-refractivity contribution in [3.05, 3.63) is 64.5 Å². The minimum atomic E-state index is -0.771. The molecule has 0 bridgehead atoms. The third-order valence-electron chi connectivity index (χ3n) is 4.73. The molecular formula is C20H20F2N2O2. The second-order valence-electron chi connectivity index (χ2n) is 6.83. The number of Topliss-reactive ketones (excluding diaryl/α,β-unsaturated/α-hetero) is 1. The van der Waals surface area contributed by atoms with Crippen molar-refractivity contribution in [1.82, 2.24) is 10.3 Å². The quantitative estimate of drug-likeness (QED) is 0.894. The van der Waals surface area contributed by atoms with Crippen LogP contribution < -0.4 is 5.32 Å². The van der Waals surface area contributed by atoms with Crippen LogP contribution in [0.3, 0.4) is 0 Å². The number of carbonyl (C=O) groups excluding carboxylic acids is 2. The number of pyridine rings is 1. The largest absolute Gasteiger partial charge is 0.355 e. The molecule has 0 spiro atoms. The third-order valence-corrected chi connectivity index (χ3v) is 4.73. The van der Waals surface area contributed by atoms with Crippen LogP contribution >= 0.6 is 0 Å². The smallest absolute Gasteiger partial charge is 0.224 e. The van der Waals surface area contributed by atoms with E-state index in [9.17, 15) is 18.4 Å². The molecule has 1 aromatic heterocycles. The van der Waals surface area contributed by atoms with E-state index >= 15 is 0 Å². The van der Waals surface area contributed by atoms with E-state index in [1.165, 1.54) is 12.1 Å². The Kier molecular flexibility index (Phi) is 5.11. The molecule has 0 aliphatic carbocycles. The number of nitrogens with zero attached hydrogens (tertiary/aromatic N) is 1. The second-order valence-corrected chi connectivity index (χ2v) is 6.83. The van der Waals surface area contributed by atoms with Gasteiger partial charge in [-0.3, -0.25) is 14.6 Å². The number of hydrogen-bond donors (Lipinski definition) is 1. The van der Waals surface area contributed by atoms with Crippen molar-refractivity contribution >= 4 is 11.7 Å². The standard InChI is InChI=1S/C20H20F2N2O2/c1-11-5-17(21)19(18(22)6-11)16-10-24-20(26)15(16)8-14(25)7-13-4-3-12(2)23-9-13/h3-6,9,15-16H,7-8,10H2,1-2H3,(H,24,26)/t15-,16+/m0/s1. The summed E-state index contributed by atoms with van der Waals surface area (Å²) in [7, 11) is 0. The number of rotatable bonds is 5. The van der Waals surface area contributed by atoms with Crippen LogP contribution in [0.5, 0.6) is 0 Å². The zero-order chi connectivity index (χ0) is 18.8. The Balaban J connectivity index is 1.78. The van der Waals surface area contributed by atoms with E-state index in [-0.39, 0.29) is 36.6 Å². The van der Waals surface area contributed by atoms with Gasteiger partial charge in [0, 0.05) is 42.8 Å². The summed E-state index contributed by atoms with van der Waals surface area (Å²) < 4.78 is 28.6. The summed E-state index contributed by atoms with van der Waals surface area (Å²) in [6, 6.07) is 6.12. The second kappa shape index (κ2) is 7.32. The van der Waals surface area contributed by atoms with Crippen molar-refractivity contribution in [2.45, 2.75) is 32.6 Å². The Morgan fingerprint density at radius 3 is 2.54 bits per heavy atom. The maximum atomic E-state index is 14.3. The number of benzene rings is 1. The van der Waals surface area contributed by atoms with Gasteiger partial charge in [0.1, 0.15) is 17.4 Å². The number of aromatic nitrogens is 1. The predicted octanol–water partition coefficient (Wildman–Crippen LogP) is 3.01. The number of nitrogens with one attached hydrogen (secondary N) is 1. The maximum Gasteiger partial charge on any atom is 0.224 e. The molecule has 2 heterocycles. The van der Waals surface area contributed by atoms with E-state index in [1.54, 1.807) is 13.1 Å². The van der Waals surface area contributed by atoms with Crippen LogP contribution in [0.2, 0.25) is 0 Å². The Morgan fingerprint density at radius 1 is 1.23 bits per heavy atom. The van der Waals surface area contributed by atoms with Gasteiger partial charge in [0.2, 0.25) is 5.91 Å². The lowest BCUT2D eigenvalue weighted by atomic mass is 9.83. The van der Waals surface area contributed by atoms with Crippen molar-refractivity contribution < 1.29 is 18.4 Å². The molecule has 1 aliphatic heterocycles. The van der Waals surface area contributed by atoms with Gasteiger partial charge in [0.15, 0.2) is 0 Å². The number of aryl methyl sites for hydroxylation is 2. The number of carbonyl (C=O) groups is 2. The summed E-state index contributed by atoms with van der Waals surface area (Å²) in [5.74, 6) is -3.32. The number of ketones is 1. The summed E-state index contributed by atoms with van der Waals surface area (Å²) >= 11 is 0. The molecule has 1 saturated heterocycles. The fourth-order valence-corrected chi connectivity index (χ4v) is 3.42. The maximum absolute atomic E-state index is 14.3. The molecule has 2 atom stereocenters. The highest BCUT2D eigenvalue weighted by Crippen LogP contribution is 2.35. The fourth-order valence-electron chi connectivity index (χ4n) is 3.42. The van der Waals surface area contributed by atoms with E-state index in [4.69, 9.17) is 0 Å². The monoisotopic (exact) mass is 358 g/mol. The Morgan fingerprint density at radius 2 is 1.92 bits per heavy atom. The van der Waals surface area contributed by atoms with Crippen LogP contribution in [0.15, 0.2) is 30.5 Å². The normalized spacial score (nSPS) is 19.5. The van der Waals surface area contributed by atoms with Gasteiger partial charge >= 0.3 is 0 Å². The Labute approximate surface area is 150 Å². The third kappa shape index (κ3) is 3.79. The van der Waals surface area contributed by atoms with Gasteiger partial charge in [0.05, 0.1) is 5.92 Å². The fraction of sp³-hybridized carbons (Fsp3) is 0.350. The Hall–Kier alpha value is -2.63. The summed E-state index contributed by atoms with van der Waals surface area (Å²) in [4.78, 5) is 28.7. The van der Waals surface area contributed by atoms with E-state index < -0.39 is 23.5 Å². The van der Waals surface area contributed by atoms with Crippen molar-refractivity contribution in [3.8, 4) is 0 Å². The van der Waals surface area contributed by atoms with E-state index in [0.29, 0.717) is 5.56 Å². The van der Waals surface area contributed by atoms with Crippen LogP contribution in [0.4, 0.5) is 8.78 Å². The predicted molar refractivity (Wildman–Crippen MR) is 92.6 cm³/mol. The summed E-state index contributed by atoms with van der Waals surface area (Å²) in [6.45, 7) is 3.58. The van der Waals surface area contributed by atoms with Crippen LogP contribution in [0.1, 0.15) is 34.7 Å². The van der Waals surface area contributed by atoms with Crippen molar-refractivity contribution in [2.24, 2.45) is 5.92 Å². The molecule has 4 nitrogen and oxygen atoms in total. The first-order valence-corrected chi connectivity index (χ1v) is 8.51. The van der Waals surface area contributed by atoms with Gasteiger partial charge in [-0.25, -0.2) is 8.78 Å². The van der Waals surface area contributed by atoms with E-state index in [0.717, 1.165) is 11.3 Å². The summed E-state index contributed by atoms with van der Waals surface area (Å²) in [5.41, 5.74) is 1.95. The molecule has 0 radical (unpaired) electrons. The zero-order valence-corrected chi connectivity index (χ0v) is 14.7. The lowest BCUT2D eigenvalue weighted by Crippen LogP contribution is -2.23. The highest BCUT2D eigenvalue weighted by atomic mass is 19.1. The van der Waals surface area contributed by atoms with Crippen molar-refractivity contribution in [2.75, 3.05) is 6.54 Å². The highest BCUT2D eigenvalue weighted by Gasteiger charge is 2.39. The van der Waals surface area contributed by atoms with E-state index in [1.807, 2.05) is 19.1 Å². The lowest BCUT2D eigenvalue weighted by Gasteiger charge is -2.18. The molecule has 1 fully saturated rings. The minimum Gasteiger partial charge on any atom is -0.355 e. The van der Waals surface area contributed by atoms with Gasteiger partial charge < -0.3 is 5.32 Å². The first-order chi connectivity index (χ1) is 12.3. The van der Waals surface area contributed by atoms with Gasteiger partial charge in [-0.2, -0.15) is 0 Å².